The standard InChI is InChI=1S/C8H12N6/c9-6-5-7(12-3-11-5)13-8(10)14(6)4-1-2-4/h3-4,6H,1-2,9H2,(H2,10,13)(H,11,12). The van der Waals surface area contributed by atoms with E-state index in [1.165, 1.54) is 0 Å². The molecule has 6 heteroatoms. The number of nitrogens with one attached hydrogen (secondary N) is 1. The summed E-state index contributed by atoms with van der Waals surface area (Å²) in [6.45, 7) is 0. The Bertz CT molecular complexity index is 390. The lowest BCUT2D eigenvalue weighted by Gasteiger charge is -2.31. The van der Waals surface area contributed by atoms with Gasteiger partial charge in [0.1, 0.15) is 6.17 Å². The Morgan fingerprint density at radius 2 is 2.29 bits per heavy atom. The van der Waals surface area contributed by atoms with Crippen molar-refractivity contribution in [2.75, 3.05) is 0 Å². The van der Waals surface area contributed by atoms with Crippen LogP contribution in [0.5, 0.6) is 0 Å². The first-order chi connectivity index (χ1) is 6.77. The van der Waals surface area contributed by atoms with Gasteiger partial charge in [-0.3, -0.25) is 0 Å². The number of H-pyrrole nitrogens is 1. The van der Waals surface area contributed by atoms with Crippen LogP contribution >= 0.6 is 0 Å². The van der Waals surface area contributed by atoms with Crippen LogP contribution in [0.3, 0.4) is 0 Å². The summed E-state index contributed by atoms with van der Waals surface area (Å²) in [6.07, 6.45) is 3.66. The fourth-order valence-electron chi connectivity index (χ4n) is 1.82. The van der Waals surface area contributed by atoms with Crippen LogP contribution in [-0.4, -0.2) is 26.9 Å². The highest BCUT2D eigenvalue weighted by atomic mass is 15.4. The van der Waals surface area contributed by atoms with Crippen molar-refractivity contribution in [1.82, 2.24) is 14.9 Å². The van der Waals surface area contributed by atoms with Gasteiger partial charge < -0.3 is 21.4 Å². The average molecular weight is 192 g/mol. The molecule has 1 saturated carbocycles. The second-order valence-corrected chi connectivity index (χ2v) is 3.69. The highest BCUT2D eigenvalue weighted by Crippen LogP contribution is 2.36. The van der Waals surface area contributed by atoms with Crippen LogP contribution in [0.15, 0.2) is 11.3 Å². The maximum Gasteiger partial charge on any atom is 0.199 e. The summed E-state index contributed by atoms with van der Waals surface area (Å²) in [7, 11) is 0. The van der Waals surface area contributed by atoms with Crippen LogP contribution in [0.2, 0.25) is 0 Å². The topological polar surface area (TPSA) is 96.3 Å². The summed E-state index contributed by atoms with van der Waals surface area (Å²) >= 11 is 0. The van der Waals surface area contributed by atoms with E-state index >= 15 is 0 Å². The van der Waals surface area contributed by atoms with Crippen LogP contribution in [0.25, 0.3) is 0 Å². The second-order valence-electron chi connectivity index (χ2n) is 3.69. The zero-order chi connectivity index (χ0) is 9.71. The van der Waals surface area contributed by atoms with E-state index in [9.17, 15) is 0 Å². The zero-order valence-corrected chi connectivity index (χ0v) is 7.64. The van der Waals surface area contributed by atoms with Crippen molar-refractivity contribution < 1.29 is 0 Å². The number of hydrogen-bond donors (Lipinski definition) is 3. The van der Waals surface area contributed by atoms with Gasteiger partial charge in [-0.05, 0) is 12.8 Å². The van der Waals surface area contributed by atoms with Gasteiger partial charge >= 0.3 is 0 Å². The van der Waals surface area contributed by atoms with Crippen LogP contribution in [0, 0.1) is 0 Å². The van der Waals surface area contributed by atoms with Crippen molar-refractivity contribution in [2.45, 2.75) is 25.0 Å². The lowest BCUT2D eigenvalue weighted by atomic mass is 10.2. The van der Waals surface area contributed by atoms with E-state index in [0.29, 0.717) is 17.8 Å². The van der Waals surface area contributed by atoms with Gasteiger partial charge in [0, 0.05) is 6.04 Å². The number of aromatic amines is 1. The van der Waals surface area contributed by atoms with Crippen molar-refractivity contribution >= 4 is 11.8 Å². The predicted octanol–water partition coefficient (Wildman–Crippen LogP) is -0.209. The Balaban J connectivity index is 2.05. The molecule has 0 spiro atoms. The summed E-state index contributed by atoms with van der Waals surface area (Å²) in [6, 6.07) is 0.463. The molecule has 2 aliphatic rings. The van der Waals surface area contributed by atoms with Crippen LogP contribution in [-0.2, 0) is 0 Å². The largest absolute Gasteiger partial charge is 0.369 e. The maximum atomic E-state index is 6.06. The third kappa shape index (κ3) is 0.941. The number of hydrogen-bond acceptors (Lipinski definition) is 5. The molecule has 5 N–H and O–H groups in total. The molecule has 74 valence electrons. The number of imidazole rings is 1. The molecule has 2 heterocycles. The third-order valence-corrected chi connectivity index (χ3v) is 2.67. The van der Waals surface area contributed by atoms with Gasteiger partial charge in [0.25, 0.3) is 0 Å². The Hall–Kier alpha value is -1.56. The van der Waals surface area contributed by atoms with Gasteiger partial charge in [-0.2, -0.15) is 4.99 Å². The molecule has 3 rings (SSSR count). The molecule has 0 amide bonds. The number of nitrogens with zero attached hydrogens (tertiary/aromatic N) is 3. The van der Waals surface area contributed by atoms with E-state index in [2.05, 4.69) is 15.0 Å². The Labute approximate surface area is 81.0 Å². The maximum absolute atomic E-state index is 6.06. The van der Waals surface area contributed by atoms with Gasteiger partial charge in [-0.25, -0.2) is 4.98 Å². The molecule has 0 radical (unpaired) electrons. The predicted molar refractivity (Wildman–Crippen MR) is 51.7 cm³/mol. The molecule has 1 aromatic rings. The van der Waals surface area contributed by atoms with E-state index in [1.54, 1.807) is 6.33 Å². The molecule has 1 aliphatic heterocycles. The highest BCUT2D eigenvalue weighted by Gasteiger charge is 2.38. The first-order valence-electron chi connectivity index (χ1n) is 4.68. The Morgan fingerprint density at radius 1 is 1.50 bits per heavy atom. The summed E-state index contributed by atoms with van der Waals surface area (Å²) in [5.41, 5.74) is 12.7. The fourth-order valence-corrected chi connectivity index (χ4v) is 1.82. The number of aromatic nitrogens is 2. The molecule has 1 aliphatic carbocycles. The number of aliphatic imine (C=N–C) groups is 1. The molecule has 0 bridgehead atoms. The lowest BCUT2D eigenvalue weighted by molar-refractivity contribution is 0.300. The summed E-state index contributed by atoms with van der Waals surface area (Å²) in [5, 5.41) is 0. The van der Waals surface area contributed by atoms with Crippen LogP contribution < -0.4 is 11.5 Å². The van der Waals surface area contributed by atoms with E-state index in [0.717, 1.165) is 18.5 Å². The van der Waals surface area contributed by atoms with Crippen molar-refractivity contribution in [3.05, 3.63) is 12.0 Å². The highest BCUT2D eigenvalue weighted by molar-refractivity contribution is 5.83. The molecule has 6 nitrogen and oxygen atoms in total. The van der Waals surface area contributed by atoms with Gasteiger partial charge in [-0.15, -0.1) is 0 Å². The van der Waals surface area contributed by atoms with Gasteiger partial charge in [0.15, 0.2) is 11.8 Å². The molecule has 1 aromatic heterocycles. The van der Waals surface area contributed by atoms with Crippen molar-refractivity contribution in [3.8, 4) is 0 Å². The minimum atomic E-state index is -0.225. The van der Waals surface area contributed by atoms with Gasteiger partial charge in [-0.1, -0.05) is 0 Å². The summed E-state index contributed by atoms with van der Waals surface area (Å²) in [4.78, 5) is 13.2. The summed E-state index contributed by atoms with van der Waals surface area (Å²) in [5.74, 6) is 1.10. The first kappa shape index (κ1) is 7.81. The van der Waals surface area contributed by atoms with Crippen LogP contribution in [0.1, 0.15) is 24.7 Å². The molecule has 0 aromatic carbocycles. The molecule has 1 atom stereocenters. The zero-order valence-electron chi connectivity index (χ0n) is 7.64. The fraction of sp³-hybridized carbons (Fsp3) is 0.500. The molecule has 0 saturated heterocycles. The van der Waals surface area contributed by atoms with E-state index in [1.807, 2.05) is 4.90 Å². The van der Waals surface area contributed by atoms with E-state index < -0.39 is 0 Å². The van der Waals surface area contributed by atoms with Crippen LogP contribution in [0.4, 0.5) is 5.82 Å². The minimum Gasteiger partial charge on any atom is -0.369 e. The lowest BCUT2D eigenvalue weighted by Crippen LogP contribution is -2.47. The van der Waals surface area contributed by atoms with E-state index in [-0.39, 0.29) is 6.17 Å². The first-order valence-corrected chi connectivity index (χ1v) is 4.68. The van der Waals surface area contributed by atoms with Crippen molar-refractivity contribution in [2.24, 2.45) is 16.5 Å². The van der Waals surface area contributed by atoms with Crippen molar-refractivity contribution in [1.29, 1.82) is 0 Å². The summed E-state index contributed by atoms with van der Waals surface area (Å²) < 4.78 is 0. The SMILES string of the molecule is NC1=Nc2nc[nH]c2C(N)N1C1CC1. The number of fused-ring (bicyclic) bond motifs is 1. The monoisotopic (exact) mass is 192 g/mol. The Morgan fingerprint density at radius 3 is 3.00 bits per heavy atom. The van der Waals surface area contributed by atoms with Crippen molar-refractivity contribution in [3.63, 3.8) is 0 Å². The normalized spacial score (nSPS) is 25.9. The number of nitrogens with two attached hydrogens (primary N) is 2. The molecular formula is C8H12N6. The minimum absolute atomic E-state index is 0.225. The molecule has 14 heavy (non-hydrogen) atoms. The third-order valence-electron chi connectivity index (χ3n) is 2.67. The molecular weight excluding hydrogens is 180 g/mol. The second kappa shape index (κ2) is 2.48. The average Bonchev–Trinajstić information content (AvgIpc) is 2.84. The number of guanidine groups is 1. The Kier molecular flexibility index (Phi) is 1.38. The number of rotatable bonds is 1. The van der Waals surface area contributed by atoms with Gasteiger partial charge in [0.2, 0.25) is 0 Å². The smallest absolute Gasteiger partial charge is 0.199 e. The quantitative estimate of drug-likeness (QED) is 0.573. The van der Waals surface area contributed by atoms with Gasteiger partial charge in [0.05, 0.1) is 12.0 Å². The molecule has 1 fully saturated rings. The van der Waals surface area contributed by atoms with E-state index in [4.69, 9.17) is 11.5 Å². The molecule has 1 unspecified atom stereocenters.